The van der Waals surface area contributed by atoms with Gasteiger partial charge < -0.3 is 10.4 Å². The molecule has 1 saturated carbocycles. The first kappa shape index (κ1) is 16.5. The van der Waals surface area contributed by atoms with Gasteiger partial charge in [-0.15, -0.1) is 11.3 Å². The lowest BCUT2D eigenvalue weighted by atomic mass is 9.98. The molecule has 0 radical (unpaired) electrons. The van der Waals surface area contributed by atoms with Crippen molar-refractivity contribution >= 4 is 17.2 Å². The first-order valence-corrected chi connectivity index (χ1v) is 10.1. The molecule has 1 saturated heterocycles. The number of carbonyl (C=O) groups is 1. The molecule has 0 aromatic carbocycles. The number of amides is 1. The Morgan fingerprint density at radius 3 is 2.88 bits per heavy atom. The largest absolute Gasteiger partial charge is 0.396 e. The maximum atomic E-state index is 11.9. The standard InChI is InChI=1S/C18H27N3O2S/c22-8-7-17(23)19-15-10-21(9-13(15)12-5-6-12)11-18-20-14-3-1-2-4-16(14)24-18/h12-13,15,22H,1-11H2,(H,19,23)/t13-,15+/m0/s1. The van der Waals surface area contributed by atoms with Crippen LogP contribution in [0.4, 0.5) is 0 Å². The van der Waals surface area contributed by atoms with Gasteiger partial charge in [0.15, 0.2) is 0 Å². The van der Waals surface area contributed by atoms with Crippen molar-refractivity contribution in [3.8, 4) is 0 Å². The summed E-state index contributed by atoms with van der Waals surface area (Å²) in [5.74, 6) is 1.33. The number of hydrogen-bond acceptors (Lipinski definition) is 5. The SMILES string of the molecule is O=C(CCO)N[C@@H]1CN(Cc2nc3c(s2)CCCC3)C[C@H]1C1CC1. The molecule has 2 atom stereocenters. The second kappa shape index (κ2) is 7.10. The Labute approximate surface area is 147 Å². The smallest absolute Gasteiger partial charge is 0.222 e. The molecule has 24 heavy (non-hydrogen) atoms. The third-order valence-corrected chi connectivity index (χ3v) is 6.74. The van der Waals surface area contributed by atoms with Crippen molar-refractivity contribution in [1.29, 1.82) is 0 Å². The summed E-state index contributed by atoms with van der Waals surface area (Å²) in [5.41, 5.74) is 1.34. The van der Waals surface area contributed by atoms with E-state index in [1.54, 1.807) is 0 Å². The molecule has 1 aliphatic heterocycles. The van der Waals surface area contributed by atoms with Crippen molar-refractivity contribution in [3.63, 3.8) is 0 Å². The van der Waals surface area contributed by atoms with Crippen LogP contribution in [0, 0.1) is 11.8 Å². The molecule has 0 spiro atoms. The van der Waals surface area contributed by atoms with Gasteiger partial charge in [-0.3, -0.25) is 9.69 Å². The van der Waals surface area contributed by atoms with Crippen LogP contribution >= 0.6 is 11.3 Å². The quantitative estimate of drug-likeness (QED) is 0.821. The van der Waals surface area contributed by atoms with Crippen LogP contribution in [0.15, 0.2) is 0 Å². The summed E-state index contributed by atoms with van der Waals surface area (Å²) in [6, 6.07) is 0.242. The molecule has 2 N–H and O–H groups in total. The van der Waals surface area contributed by atoms with Gasteiger partial charge in [-0.1, -0.05) is 0 Å². The maximum Gasteiger partial charge on any atom is 0.222 e. The molecule has 1 aromatic heterocycles. The lowest BCUT2D eigenvalue weighted by molar-refractivity contribution is -0.122. The molecule has 2 heterocycles. The molecule has 1 amide bonds. The van der Waals surface area contributed by atoms with Crippen LogP contribution in [-0.4, -0.2) is 46.6 Å². The second-order valence-corrected chi connectivity index (χ2v) is 8.70. The maximum absolute atomic E-state index is 11.9. The third kappa shape index (κ3) is 3.65. The summed E-state index contributed by atoms with van der Waals surface area (Å²) >= 11 is 1.90. The van der Waals surface area contributed by atoms with E-state index >= 15 is 0 Å². The highest BCUT2D eigenvalue weighted by Gasteiger charge is 2.43. The molecule has 6 heteroatoms. The number of nitrogens with one attached hydrogen (secondary N) is 1. The Balaban J connectivity index is 1.39. The van der Waals surface area contributed by atoms with E-state index in [1.807, 2.05) is 11.3 Å². The summed E-state index contributed by atoms with van der Waals surface area (Å²) in [6.45, 7) is 2.84. The van der Waals surface area contributed by atoms with Crippen molar-refractivity contribution in [2.75, 3.05) is 19.7 Å². The van der Waals surface area contributed by atoms with Crippen LogP contribution in [0.25, 0.3) is 0 Å². The van der Waals surface area contributed by atoms with Crippen LogP contribution in [0.2, 0.25) is 0 Å². The highest BCUT2D eigenvalue weighted by Crippen LogP contribution is 2.42. The van der Waals surface area contributed by atoms with Gasteiger partial charge in [0.1, 0.15) is 5.01 Å². The summed E-state index contributed by atoms with van der Waals surface area (Å²) < 4.78 is 0. The van der Waals surface area contributed by atoms with Gasteiger partial charge in [-0.05, 0) is 50.4 Å². The molecule has 3 aliphatic rings. The number of thiazole rings is 1. The summed E-state index contributed by atoms with van der Waals surface area (Å²) in [7, 11) is 0. The lowest BCUT2D eigenvalue weighted by Crippen LogP contribution is -2.41. The molecule has 0 unspecified atom stereocenters. The molecule has 2 aliphatic carbocycles. The van der Waals surface area contributed by atoms with E-state index in [1.165, 1.54) is 47.7 Å². The minimum Gasteiger partial charge on any atom is -0.396 e. The van der Waals surface area contributed by atoms with E-state index in [9.17, 15) is 4.79 Å². The van der Waals surface area contributed by atoms with Gasteiger partial charge in [0.25, 0.3) is 0 Å². The summed E-state index contributed by atoms with van der Waals surface area (Å²) in [6.07, 6.45) is 7.76. The lowest BCUT2D eigenvalue weighted by Gasteiger charge is -2.19. The highest BCUT2D eigenvalue weighted by molar-refractivity contribution is 7.11. The number of aromatic nitrogens is 1. The van der Waals surface area contributed by atoms with E-state index in [0.717, 1.165) is 32.0 Å². The molecule has 132 valence electrons. The van der Waals surface area contributed by atoms with Gasteiger partial charge >= 0.3 is 0 Å². The minimum absolute atomic E-state index is 0.0142. The summed E-state index contributed by atoms with van der Waals surface area (Å²) in [5, 5.41) is 13.4. The van der Waals surface area contributed by atoms with Gasteiger partial charge in [0.05, 0.1) is 18.8 Å². The van der Waals surface area contributed by atoms with Crippen LogP contribution < -0.4 is 5.32 Å². The van der Waals surface area contributed by atoms with Crippen molar-refractivity contribution in [3.05, 3.63) is 15.6 Å². The highest BCUT2D eigenvalue weighted by atomic mass is 32.1. The molecule has 0 bridgehead atoms. The Hall–Kier alpha value is -0.980. The van der Waals surface area contributed by atoms with E-state index in [0.29, 0.717) is 5.92 Å². The Kier molecular flexibility index (Phi) is 4.88. The average Bonchev–Trinajstić information content (AvgIpc) is 3.21. The zero-order valence-electron chi connectivity index (χ0n) is 14.2. The fraction of sp³-hybridized carbons (Fsp3) is 0.778. The van der Waals surface area contributed by atoms with Gasteiger partial charge in [0, 0.05) is 30.4 Å². The number of likely N-dealkylation sites (tertiary alicyclic amines) is 1. The van der Waals surface area contributed by atoms with Crippen LogP contribution in [-0.2, 0) is 24.2 Å². The zero-order valence-corrected chi connectivity index (χ0v) is 15.0. The Morgan fingerprint density at radius 2 is 2.12 bits per heavy atom. The minimum atomic E-state index is -0.0684. The topological polar surface area (TPSA) is 65.5 Å². The number of fused-ring (bicyclic) bond motifs is 1. The molecule has 1 aromatic rings. The fourth-order valence-electron chi connectivity index (χ4n) is 4.24. The second-order valence-electron chi connectivity index (χ2n) is 7.53. The number of hydrogen-bond donors (Lipinski definition) is 2. The van der Waals surface area contributed by atoms with Crippen LogP contribution in [0.3, 0.4) is 0 Å². The number of nitrogens with zero attached hydrogens (tertiary/aromatic N) is 2. The van der Waals surface area contributed by atoms with E-state index in [-0.39, 0.29) is 25.0 Å². The molecular formula is C18H27N3O2S. The van der Waals surface area contributed by atoms with Crippen molar-refractivity contribution < 1.29 is 9.90 Å². The number of aryl methyl sites for hydroxylation is 2. The van der Waals surface area contributed by atoms with Gasteiger partial charge in [-0.25, -0.2) is 4.98 Å². The molecule has 2 fully saturated rings. The predicted molar refractivity (Wildman–Crippen MR) is 93.9 cm³/mol. The number of aliphatic hydroxyl groups is 1. The number of rotatable bonds is 6. The molecular weight excluding hydrogens is 322 g/mol. The van der Waals surface area contributed by atoms with Crippen LogP contribution in [0.5, 0.6) is 0 Å². The van der Waals surface area contributed by atoms with Gasteiger partial charge in [0.2, 0.25) is 5.91 Å². The Bertz CT molecular complexity index is 576. The summed E-state index contributed by atoms with van der Waals surface area (Å²) in [4.78, 5) is 20.7. The molecule has 5 nitrogen and oxygen atoms in total. The first-order chi connectivity index (χ1) is 11.7. The van der Waals surface area contributed by atoms with Crippen molar-refractivity contribution in [2.45, 2.75) is 57.5 Å². The number of carbonyl (C=O) groups excluding carboxylic acids is 1. The third-order valence-electron chi connectivity index (χ3n) is 5.60. The normalized spacial score (nSPS) is 27.2. The van der Waals surface area contributed by atoms with E-state index in [4.69, 9.17) is 10.1 Å². The molecule has 4 rings (SSSR count). The Morgan fingerprint density at radius 1 is 1.29 bits per heavy atom. The van der Waals surface area contributed by atoms with Crippen molar-refractivity contribution in [2.24, 2.45) is 11.8 Å². The monoisotopic (exact) mass is 349 g/mol. The van der Waals surface area contributed by atoms with Crippen LogP contribution in [0.1, 0.15) is 47.7 Å². The first-order valence-electron chi connectivity index (χ1n) is 9.33. The van der Waals surface area contributed by atoms with E-state index < -0.39 is 0 Å². The predicted octanol–water partition coefficient (Wildman–Crippen LogP) is 1.73. The van der Waals surface area contributed by atoms with Gasteiger partial charge in [-0.2, -0.15) is 0 Å². The number of aliphatic hydroxyl groups excluding tert-OH is 1. The fourth-order valence-corrected chi connectivity index (χ4v) is 5.44. The van der Waals surface area contributed by atoms with Crippen molar-refractivity contribution in [1.82, 2.24) is 15.2 Å². The zero-order chi connectivity index (χ0) is 16.5. The average molecular weight is 350 g/mol. The van der Waals surface area contributed by atoms with E-state index in [2.05, 4.69) is 10.2 Å².